The van der Waals surface area contributed by atoms with E-state index in [0.717, 1.165) is 0 Å². The van der Waals surface area contributed by atoms with Crippen LogP contribution < -0.4 is 0 Å². The van der Waals surface area contributed by atoms with Gasteiger partial charge in [-0.2, -0.15) is 0 Å². The van der Waals surface area contributed by atoms with Gasteiger partial charge >= 0.3 is 5.97 Å². The maximum Gasteiger partial charge on any atom is 0.337 e. The van der Waals surface area contributed by atoms with Crippen molar-refractivity contribution in [1.29, 1.82) is 0 Å². The summed E-state index contributed by atoms with van der Waals surface area (Å²) in [6.45, 7) is 0. The minimum atomic E-state index is -1.01. The molecular formula is C7H7NO3. The number of aliphatic hydroxyl groups is 1. The van der Waals surface area contributed by atoms with Gasteiger partial charge in [-0.25, -0.2) is 4.79 Å². The molecule has 4 nitrogen and oxygen atoms in total. The van der Waals surface area contributed by atoms with E-state index in [2.05, 4.69) is 16.8 Å². The van der Waals surface area contributed by atoms with E-state index in [9.17, 15) is 4.79 Å². The lowest BCUT2D eigenvalue weighted by molar-refractivity contribution is 0.0694. The van der Waals surface area contributed by atoms with E-state index in [1.165, 1.54) is 18.5 Å². The summed E-state index contributed by atoms with van der Waals surface area (Å²) in [5.74, 6) is -0.548. The Labute approximate surface area is 63.5 Å². The second-order valence-electron chi connectivity index (χ2n) is 1.90. The first-order chi connectivity index (χ1) is 5.24. The molecule has 0 radical (unpaired) electrons. The monoisotopic (exact) mass is 153 g/mol. The molecule has 0 bridgehead atoms. The number of carboxylic acids is 1. The zero-order chi connectivity index (χ0) is 8.27. The van der Waals surface area contributed by atoms with Crippen molar-refractivity contribution in [3.05, 3.63) is 31.1 Å². The van der Waals surface area contributed by atoms with Crippen molar-refractivity contribution in [3.8, 4) is 5.75 Å². The molecule has 0 amide bonds. The molecule has 58 valence electrons. The van der Waals surface area contributed by atoms with Crippen LogP contribution in [0.15, 0.2) is 18.5 Å². The van der Waals surface area contributed by atoms with Gasteiger partial charge in [0, 0.05) is 12.3 Å². The van der Waals surface area contributed by atoms with Gasteiger partial charge in [0.15, 0.2) is 0 Å². The average molecular weight is 153 g/mol. The fourth-order valence-electron chi connectivity index (χ4n) is 0.631. The van der Waals surface area contributed by atoms with Gasteiger partial charge < -0.3 is 9.84 Å². The number of rotatable bonds is 2. The van der Waals surface area contributed by atoms with Gasteiger partial charge in [-0.1, -0.05) is 0 Å². The van der Waals surface area contributed by atoms with Crippen LogP contribution in [0.3, 0.4) is 0 Å². The van der Waals surface area contributed by atoms with Crippen molar-refractivity contribution in [2.75, 3.05) is 0 Å². The Morgan fingerprint density at radius 2 is 2.36 bits per heavy atom. The summed E-state index contributed by atoms with van der Waals surface area (Å²) in [4.78, 5) is 14.0. The second kappa shape index (κ2) is 3.01. The highest BCUT2D eigenvalue weighted by Gasteiger charge is 2.04. The molecule has 4 heteroatoms. The van der Waals surface area contributed by atoms with Gasteiger partial charge in [-0.05, 0) is 7.11 Å². The molecule has 1 aromatic heterocycles. The molecule has 0 aromatic carbocycles. The average Bonchev–Trinajstić information content (AvgIpc) is 2.05. The van der Waals surface area contributed by atoms with E-state index in [0.29, 0.717) is 5.75 Å². The van der Waals surface area contributed by atoms with Gasteiger partial charge in [-0.3, -0.25) is 4.98 Å². The smallest absolute Gasteiger partial charge is 0.337 e. The van der Waals surface area contributed by atoms with E-state index in [1.807, 2.05) is 0 Å². The lowest BCUT2D eigenvalue weighted by Gasteiger charge is -2.01. The standard InChI is InChI=1S/C7H7NO3/c1-11-6-2-5(7(9)10)3-8-4-6/h2-4,11H,1H2,(H,9,10). The van der Waals surface area contributed by atoms with Crippen LogP contribution in [0.2, 0.25) is 0 Å². The van der Waals surface area contributed by atoms with Crippen LogP contribution >= 0.6 is 0 Å². The van der Waals surface area contributed by atoms with Gasteiger partial charge in [0.2, 0.25) is 5.75 Å². The first-order valence-electron chi connectivity index (χ1n) is 2.89. The van der Waals surface area contributed by atoms with Crippen LogP contribution in [0, 0.1) is 7.11 Å². The van der Waals surface area contributed by atoms with Crippen LogP contribution in [0.5, 0.6) is 5.75 Å². The molecule has 1 aromatic rings. The maximum atomic E-state index is 10.4. The second-order valence-corrected chi connectivity index (χ2v) is 1.90. The molecule has 11 heavy (non-hydrogen) atoms. The summed E-state index contributed by atoms with van der Waals surface area (Å²) in [6, 6.07) is 1.41. The Balaban J connectivity index is 3.01. The Hall–Kier alpha value is -1.58. The van der Waals surface area contributed by atoms with E-state index in [-0.39, 0.29) is 5.56 Å². The summed E-state index contributed by atoms with van der Waals surface area (Å²) < 4.78 is 3.54. The summed E-state index contributed by atoms with van der Waals surface area (Å²) in [7, 11) is 3.25. The quantitative estimate of drug-likeness (QED) is 0.505. The third-order valence-electron chi connectivity index (χ3n) is 1.15. The fourth-order valence-corrected chi connectivity index (χ4v) is 0.631. The lowest BCUT2D eigenvalue weighted by Crippen LogP contribution is -1.96. The Morgan fingerprint density at radius 1 is 1.64 bits per heavy atom. The highest BCUT2D eigenvalue weighted by Crippen LogP contribution is 2.10. The minimum Gasteiger partial charge on any atom is -0.721 e. The number of aromatic hydroxyl groups is 1. The molecule has 0 aliphatic carbocycles. The number of hydrogen-bond acceptors (Lipinski definition) is 2. The van der Waals surface area contributed by atoms with Gasteiger partial charge in [-0.15, -0.1) is 0 Å². The third kappa shape index (κ3) is 1.67. The molecule has 0 aliphatic heterocycles. The van der Waals surface area contributed by atoms with Crippen molar-refractivity contribution in [2.24, 2.45) is 0 Å². The predicted molar refractivity (Wildman–Crippen MR) is 38.2 cm³/mol. The number of aromatic carboxylic acids is 1. The molecule has 2 N–H and O–H groups in total. The molecule has 0 unspecified atom stereocenters. The van der Waals surface area contributed by atoms with Crippen molar-refractivity contribution >= 4 is 5.97 Å². The molecule has 0 aliphatic rings. The zero-order valence-corrected chi connectivity index (χ0v) is 5.69. The number of pyridine rings is 1. The molecule has 0 fully saturated rings. The highest BCUT2D eigenvalue weighted by molar-refractivity contribution is 5.87. The van der Waals surface area contributed by atoms with Crippen LogP contribution in [0.25, 0.3) is 0 Å². The highest BCUT2D eigenvalue weighted by atomic mass is 16.5. The first kappa shape index (κ1) is 7.53. The van der Waals surface area contributed by atoms with Crippen LogP contribution in [0.1, 0.15) is 10.4 Å². The molecule has 0 saturated carbocycles. The topological polar surface area (TPSA) is 63.0 Å². The minimum absolute atomic E-state index is 0.120. The van der Waals surface area contributed by atoms with Crippen molar-refractivity contribution in [1.82, 2.24) is 4.98 Å². The van der Waals surface area contributed by atoms with Crippen LogP contribution in [-0.2, 0) is 0 Å². The summed E-state index contributed by atoms with van der Waals surface area (Å²) in [5.41, 5.74) is 0.120. The molecular weight excluding hydrogens is 146 g/mol. The Kier molecular flexibility index (Phi) is 2.06. The van der Waals surface area contributed by atoms with Crippen LogP contribution in [0.4, 0.5) is 0 Å². The number of carbonyl (C=O) groups is 1. The molecule has 0 saturated heterocycles. The van der Waals surface area contributed by atoms with Gasteiger partial charge in [0.1, 0.15) is 6.20 Å². The number of ether oxygens (including phenoxy) is 1. The van der Waals surface area contributed by atoms with E-state index in [1.54, 1.807) is 0 Å². The third-order valence-corrected chi connectivity index (χ3v) is 1.15. The van der Waals surface area contributed by atoms with Crippen LogP contribution in [-0.4, -0.2) is 20.8 Å². The number of nitrogens with zero attached hydrogens (tertiary/aromatic N) is 1. The summed E-state index contributed by atoms with van der Waals surface area (Å²) in [6.07, 6.45) is 2.70. The van der Waals surface area contributed by atoms with Crippen molar-refractivity contribution < 1.29 is 14.6 Å². The van der Waals surface area contributed by atoms with Crippen molar-refractivity contribution in [2.45, 2.75) is 0 Å². The molecule has 0 atom stereocenters. The molecule has 1 heterocycles. The lowest BCUT2D eigenvalue weighted by atomic mass is 10.3. The molecule has 0 spiro atoms. The zero-order valence-electron chi connectivity index (χ0n) is 5.69. The van der Waals surface area contributed by atoms with E-state index < -0.39 is 5.97 Å². The normalized spacial score (nSPS) is 9.18. The summed E-state index contributed by atoms with van der Waals surface area (Å²) in [5, 5.41) is 8.50. The van der Waals surface area contributed by atoms with E-state index >= 15 is 0 Å². The fraction of sp³-hybridized carbons (Fsp3) is 0. The van der Waals surface area contributed by atoms with E-state index in [4.69, 9.17) is 5.11 Å². The SMILES string of the molecule is [CH2-][OH+]c1cncc(C(=O)O)c1. The number of hydrogen-bond donors (Lipinski definition) is 1. The Bertz CT molecular complexity index is 272. The predicted octanol–water partition coefficient (Wildman–Crippen LogP) is 0.813. The summed E-state index contributed by atoms with van der Waals surface area (Å²) >= 11 is 0. The van der Waals surface area contributed by atoms with Gasteiger partial charge in [0.25, 0.3) is 0 Å². The molecule has 1 rings (SSSR count). The Morgan fingerprint density at radius 3 is 2.91 bits per heavy atom. The first-order valence-corrected chi connectivity index (χ1v) is 2.89. The van der Waals surface area contributed by atoms with Crippen molar-refractivity contribution in [3.63, 3.8) is 0 Å². The number of carboxylic acid groups (broad SMARTS) is 1. The van der Waals surface area contributed by atoms with Gasteiger partial charge in [0.05, 0.1) is 5.56 Å². The largest absolute Gasteiger partial charge is 0.721 e. The number of aromatic nitrogens is 1. The maximum absolute atomic E-state index is 10.4.